The molecule has 3 nitrogen and oxygen atoms in total. The van der Waals surface area contributed by atoms with Crippen molar-refractivity contribution >= 4 is 28.2 Å². The van der Waals surface area contributed by atoms with Gasteiger partial charge < -0.3 is 4.74 Å². The highest BCUT2D eigenvalue weighted by molar-refractivity contribution is 9.09. The van der Waals surface area contributed by atoms with Crippen molar-refractivity contribution in [3.05, 3.63) is 34.9 Å². The highest BCUT2D eigenvalue weighted by Gasteiger charge is 2.16. The van der Waals surface area contributed by atoms with Crippen LogP contribution in [0.5, 0.6) is 0 Å². The molecule has 0 radical (unpaired) electrons. The number of benzene rings is 1. The smallest absolute Gasteiger partial charge is 0.339 e. The number of rotatable bonds is 6. The fourth-order valence-electron chi connectivity index (χ4n) is 1.64. The van der Waals surface area contributed by atoms with Crippen LogP contribution >= 0.6 is 15.9 Å². The molecule has 0 unspecified atom stereocenters. The van der Waals surface area contributed by atoms with E-state index in [9.17, 15) is 9.59 Å². The van der Waals surface area contributed by atoms with Crippen LogP contribution in [0.25, 0.3) is 0 Å². The average molecular weight is 299 g/mol. The molecule has 0 aliphatic rings. The summed E-state index contributed by atoms with van der Waals surface area (Å²) in [5.41, 5.74) is 1.67. The van der Waals surface area contributed by atoms with Crippen molar-refractivity contribution in [2.24, 2.45) is 0 Å². The van der Waals surface area contributed by atoms with Gasteiger partial charge in [-0.25, -0.2) is 4.79 Å². The summed E-state index contributed by atoms with van der Waals surface area (Å²) >= 11 is 3.35. The van der Waals surface area contributed by atoms with Gasteiger partial charge in [0.05, 0.1) is 12.2 Å². The lowest BCUT2D eigenvalue weighted by atomic mass is 9.98. The lowest BCUT2D eigenvalue weighted by Crippen LogP contribution is -2.11. The Labute approximate surface area is 109 Å². The number of aldehydes is 1. The van der Waals surface area contributed by atoms with Gasteiger partial charge in [-0.15, -0.1) is 0 Å². The van der Waals surface area contributed by atoms with Crippen molar-refractivity contribution in [3.8, 4) is 0 Å². The third-order valence-corrected chi connectivity index (χ3v) is 2.93. The highest BCUT2D eigenvalue weighted by Crippen LogP contribution is 2.17. The number of alkyl halides is 1. The molecule has 1 rings (SSSR count). The van der Waals surface area contributed by atoms with Crippen molar-refractivity contribution in [3.63, 3.8) is 0 Å². The summed E-state index contributed by atoms with van der Waals surface area (Å²) in [4.78, 5) is 22.8. The van der Waals surface area contributed by atoms with E-state index >= 15 is 0 Å². The average Bonchev–Trinajstić information content (AvgIpc) is 2.35. The number of hydrogen-bond donors (Lipinski definition) is 0. The van der Waals surface area contributed by atoms with Crippen molar-refractivity contribution in [1.29, 1.82) is 0 Å². The van der Waals surface area contributed by atoms with Gasteiger partial charge >= 0.3 is 5.97 Å². The lowest BCUT2D eigenvalue weighted by Gasteiger charge is -2.10. The van der Waals surface area contributed by atoms with Crippen LogP contribution in [0.4, 0.5) is 0 Å². The molecule has 0 atom stereocenters. The second-order valence-electron chi connectivity index (χ2n) is 3.51. The van der Waals surface area contributed by atoms with Crippen LogP contribution in [0.3, 0.4) is 0 Å². The fourth-order valence-corrected chi connectivity index (χ4v) is 1.92. The van der Waals surface area contributed by atoms with E-state index in [-0.39, 0.29) is 0 Å². The van der Waals surface area contributed by atoms with Crippen molar-refractivity contribution in [1.82, 2.24) is 0 Å². The Morgan fingerprint density at radius 2 is 2.24 bits per heavy atom. The van der Waals surface area contributed by atoms with Crippen molar-refractivity contribution in [2.75, 3.05) is 11.9 Å². The zero-order valence-electron chi connectivity index (χ0n) is 9.74. The first kappa shape index (κ1) is 13.9. The number of aryl methyl sites for hydroxylation is 1. The maximum atomic E-state index is 11.8. The summed E-state index contributed by atoms with van der Waals surface area (Å²) in [6, 6.07) is 5.29. The summed E-state index contributed by atoms with van der Waals surface area (Å²) in [6.45, 7) is 2.06. The summed E-state index contributed by atoms with van der Waals surface area (Å²) in [6.07, 6.45) is 2.36. The molecule has 0 aromatic heterocycles. The van der Waals surface area contributed by atoms with Gasteiger partial charge in [0, 0.05) is 10.9 Å². The lowest BCUT2D eigenvalue weighted by molar-refractivity contribution is 0.0523. The minimum atomic E-state index is -0.417. The van der Waals surface area contributed by atoms with Gasteiger partial charge in [0.25, 0.3) is 0 Å². The Morgan fingerprint density at radius 1 is 1.47 bits per heavy atom. The number of carbonyl (C=O) groups excluding carboxylic acids is 2. The molecule has 0 aliphatic carbocycles. The molecule has 1 aromatic carbocycles. The molecule has 17 heavy (non-hydrogen) atoms. The van der Waals surface area contributed by atoms with E-state index < -0.39 is 5.97 Å². The molecular formula is C13H15BrO3. The van der Waals surface area contributed by atoms with Gasteiger partial charge in [-0.05, 0) is 25.3 Å². The standard InChI is InChI=1S/C13H15BrO3/c1-2-17-13(16)12-10(7-4-8-14)5-3-6-11(12)9-15/h3,5-6,9H,2,4,7-8H2,1H3. The Kier molecular flexibility index (Phi) is 5.91. The van der Waals surface area contributed by atoms with Gasteiger partial charge in [-0.2, -0.15) is 0 Å². The number of halogens is 1. The number of carbonyl (C=O) groups is 2. The number of hydrogen-bond acceptors (Lipinski definition) is 3. The van der Waals surface area contributed by atoms with Crippen LogP contribution < -0.4 is 0 Å². The fraction of sp³-hybridized carbons (Fsp3) is 0.385. The minimum Gasteiger partial charge on any atom is -0.462 e. The third-order valence-electron chi connectivity index (χ3n) is 2.37. The molecule has 0 spiro atoms. The Morgan fingerprint density at radius 3 is 2.82 bits per heavy atom. The topological polar surface area (TPSA) is 43.4 Å². The molecule has 0 amide bonds. The number of esters is 1. The predicted octanol–water partition coefficient (Wildman–Crippen LogP) is 3.00. The molecule has 0 heterocycles. The highest BCUT2D eigenvalue weighted by atomic mass is 79.9. The van der Waals surface area contributed by atoms with Gasteiger partial charge in [-0.1, -0.05) is 34.1 Å². The second kappa shape index (κ2) is 7.22. The van der Waals surface area contributed by atoms with Crippen LogP contribution in [0, 0.1) is 0 Å². The molecule has 0 bridgehead atoms. The van der Waals surface area contributed by atoms with E-state index in [0.717, 1.165) is 23.7 Å². The first-order chi connectivity index (χ1) is 8.24. The van der Waals surface area contributed by atoms with E-state index in [0.29, 0.717) is 24.0 Å². The molecule has 0 saturated carbocycles. The minimum absolute atomic E-state index is 0.309. The SMILES string of the molecule is CCOC(=O)c1c(C=O)cccc1CCCBr. The van der Waals surface area contributed by atoms with Crippen LogP contribution in [-0.2, 0) is 11.2 Å². The molecule has 0 aliphatic heterocycles. The first-order valence-corrected chi connectivity index (χ1v) is 6.66. The molecule has 1 aromatic rings. The molecule has 4 heteroatoms. The van der Waals surface area contributed by atoms with Crippen molar-refractivity contribution in [2.45, 2.75) is 19.8 Å². The predicted molar refractivity (Wildman–Crippen MR) is 69.9 cm³/mol. The molecular weight excluding hydrogens is 284 g/mol. The van der Waals surface area contributed by atoms with Gasteiger partial charge in [0.15, 0.2) is 6.29 Å². The van der Waals surface area contributed by atoms with Gasteiger partial charge in [0.1, 0.15) is 0 Å². The summed E-state index contributed by atoms with van der Waals surface area (Å²) in [7, 11) is 0. The van der Waals surface area contributed by atoms with Crippen molar-refractivity contribution < 1.29 is 14.3 Å². The summed E-state index contributed by atoms with van der Waals surface area (Å²) < 4.78 is 4.98. The Balaban J connectivity index is 3.10. The zero-order chi connectivity index (χ0) is 12.7. The van der Waals surface area contributed by atoms with E-state index in [2.05, 4.69) is 15.9 Å². The van der Waals surface area contributed by atoms with E-state index in [4.69, 9.17) is 4.74 Å². The van der Waals surface area contributed by atoms with Crippen LogP contribution in [0.2, 0.25) is 0 Å². The Bertz CT molecular complexity index is 402. The Hall–Kier alpha value is -1.16. The third kappa shape index (κ3) is 3.66. The van der Waals surface area contributed by atoms with E-state index in [1.54, 1.807) is 19.1 Å². The summed E-state index contributed by atoms with van der Waals surface area (Å²) in [5, 5.41) is 0.862. The molecule has 0 fully saturated rings. The number of ether oxygens (including phenoxy) is 1. The van der Waals surface area contributed by atoms with E-state index in [1.807, 2.05) is 6.07 Å². The van der Waals surface area contributed by atoms with Crippen LogP contribution in [0.15, 0.2) is 18.2 Å². The first-order valence-electron chi connectivity index (χ1n) is 5.54. The summed E-state index contributed by atoms with van der Waals surface area (Å²) in [5.74, 6) is -0.417. The van der Waals surface area contributed by atoms with Crippen LogP contribution in [0.1, 0.15) is 39.6 Å². The van der Waals surface area contributed by atoms with Crippen LogP contribution in [-0.4, -0.2) is 24.2 Å². The monoisotopic (exact) mass is 298 g/mol. The zero-order valence-corrected chi connectivity index (χ0v) is 11.3. The molecule has 92 valence electrons. The van der Waals surface area contributed by atoms with Gasteiger partial charge in [-0.3, -0.25) is 4.79 Å². The quantitative estimate of drug-likeness (QED) is 0.461. The molecule has 0 saturated heterocycles. The molecule has 0 N–H and O–H groups in total. The van der Waals surface area contributed by atoms with Gasteiger partial charge in [0.2, 0.25) is 0 Å². The maximum Gasteiger partial charge on any atom is 0.339 e. The van der Waals surface area contributed by atoms with E-state index in [1.165, 1.54) is 0 Å². The second-order valence-corrected chi connectivity index (χ2v) is 4.31. The largest absolute Gasteiger partial charge is 0.462 e. The normalized spacial score (nSPS) is 10.0. The maximum absolute atomic E-state index is 11.8.